The van der Waals surface area contributed by atoms with Gasteiger partial charge in [-0.3, -0.25) is 14.7 Å². The minimum Gasteiger partial charge on any atom is -0.481 e. The van der Waals surface area contributed by atoms with E-state index in [1.165, 1.54) is 0 Å². The van der Waals surface area contributed by atoms with Crippen LogP contribution in [-0.4, -0.2) is 51.2 Å². The van der Waals surface area contributed by atoms with Crippen LogP contribution < -0.4 is 15.5 Å². The van der Waals surface area contributed by atoms with Crippen molar-refractivity contribution < 1.29 is 19.5 Å². The van der Waals surface area contributed by atoms with Crippen molar-refractivity contribution >= 4 is 28.3 Å². The summed E-state index contributed by atoms with van der Waals surface area (Å²) in [4.78, 5) is 21.0. The fourth-order valence-corrected chi connectivity index (χ4v) is 3.38. The molecular weight excluding hydrogens is 364 g/mol. The van der Waals surface area contributed by atoms with Gasteiger partial charge in [-0.1, -0.05) is 0 Å². The Kier molecular flexibility index (Phi) is 4.80. The number of hydroxylamine groups is 1. The average molecular weight is 384 g/mol. The molecule has 1 aliphatic rings. The van der Waals surface area contributed by atoms with Crippen LogP contribution in [0, 0.1) is 0 Å². The molecule has 146 valence electrons. The van der Waals surface area contributed by atoms with Crippen molar-refractivity contribution in [2.45, 2.75) is 18.4 Å². The van der Waals surface area contributed by atoms with Gasteiger partial charge in [0.25, 0.3) is 5.91 Å². The van der Waals surface area contributed by atoms with Crippen LogP contribution in [0.3, 0.4) is 0 Å². The second-order valence-corrected chi connectivity index (χ2v) is 6.47. The Morgan fingerprint density at radius 2 is 2.14 bits per heavy atom. The van der Waals surface area contributed by atoms with Gasteiger partial charge in [0.1, 0.15) is 5.54 Å². The molecule has 1 amide bonds. The third-order valence-electron chi connectivity index (χ3n) is 4.93. The van der Waals surface area contributed by atoms with Crippen molar-refractivity contribution in [1.29, 1.82) is 0 Å². The molecule has 0 aliphatic carbocycles. The number of pyridine rings is 2. The number of carbonyl (C=O) groups is 1. The van der Waals surface area contributed by atoms with Crippen LogP contribution in [0.15, 0.2) is 36.8 Å². The Morgan fingerprint density at radius 3 is 2.89 bits per heavy atom. The van der Waals surface area contributed by atoms with Gasteiger partial charge in [-0.25, -0.2) is 10.5 Å². The van der Waals surface area contributed by atoms with E-state index < -0.39 is 11.4 Å². The summed E-state index contributed by atoms with van der Waals surface area (Å²) in [5, 5.41) is 17.7. The maximum atomic E-state index is 12.4. The molecule has 3 N–H and O–H groups in total. The lowest BCUT2D eigenvalue weighted by atomic mass is 9.89. The topological polar surface area (TPSA) is 123 Å². The van der Waals surface area contributed by atoms with Crippen molar-refractivity contribution in [1.82, 2.24) is 25.2 Å². The zero-order chi connectivity index (χ0) is 19.6. The van der Waals surface area contributed by atoms with E-state index in [4.69, 9.17) is 9.47 Å². The second-order valence-electron chi connectivity index (χ2n) is 6.47. The summed E-state index contributed by atoms with van der Waals surface area (Å²) in [5.41, 5.74) is 2.83. The van der Waals surface area contributed by atoms with E-state index in [1.54, 1.807) is 41.9 Å². The Labute approximate surface area is 160 Å². The number of nitrogens with zero attached hydrogens (tertiary/aromatic N) is 4. The number of anilines is 2. The van der Waals surface area contributed by atoms with Crippen LogP contribution in [0.2, 0.25) is 0 Å². The predicted octanol–water partition coefficient (Wildman–Crippen LogP) is 1.59. The lowest BCUT2D eigenvalue weighted by Gasteiger charge is -2.34. The van der Waals surface area contributed by atoms with Gasteiger partial charge >= 0.3 is 0 Å². The molecule has 0 saturated carbocycles. The van der Waals surface area contributed by atoms with Gasteiger partial charge in [0, 0.05) is 49.9 Å². The number of hydrogen-bond donors (Lipinski definition) is 3. The molecule has 0 bridgehead atoms. The molecule has 10 nitrogen and oxygen atoms in total. The highest BCUT2D eigenvalue weighted by molar-refractivity contribution is 5.91. The number of hydrogen-bond acceptors (Lipinski definition) is 8. The molecule has 3 aromatic heterocycles. The average Bonchev–Trinajstić information content (AvgIpc) is 3.22. The zero-order valence-electron chi connectivity index (χ0n) is 15.3. The first kappa shape index (κ1) is 18.1. The summed E-state index contributed by atoms with van der Waals surface area (Å²) < 4.78 is 12.1. The van der Waals surface area contributed by atoms with Crippen LogP contribution in [0.4, 0.5) is 11.4 Å². The predicted molar refractivity (Wildman–Crippen MR) is 99.6 cm³/mol. The minimum absolute atomic E-state index is 0.415. The van der Waals surface area contributed by atoms with Crippen molar-refractivity contribution in [2.24, 2.45) is 0 Å². The van der Waals surface area contributed by atoms with Crippen LogP contribution in [0.25, 0.3) is 11.0 Å². The van der Waals surface area contributed by atoms with E-state index in [1.807, 2.05) is 12.1 Å². The highest BCUT2D eigenvalue weighted by atomic mass is 16.5. The number of amides is 1. The van der Waals surface area contributed by atoms with Crippen LogP contribution in [-0.2, 0) is 15.1 Å². The molecule has 4 heterocycles. The number of rotatable bonds is 5. The number of fused-ring (bicyclic) bond motifs is 1. The number of methoxy groups -OCH3 is 1. The monoisotopic (exact) mass is 384 g/mol. The van der Waals surface area contributed by atoms with E-state index in [-0.39, 0.29) is 0 Å². The van der Waals surface area contributed by atoms with Gasteiger partial charge in [-0.05, 0) is 12.1 Å². The molecule has 0 unspecified atom stereocenters. The van der Waals surface area contributed by atoms with Gasteiger partial charge < -0.3 is 14.8 Å². The number of aromatic nitrogens is 4. The Morgan fingerprint density at radius 1 is 1.32 bits per heavy atom. The van der Waals surface area contributed by atoms with E-state index in [0.717, 1.165) is 11.1 Å². The highest BCUT2D eigenvalue weighted by Crippen LogP contribution is 2.31. The van der Waals surface area contributed by atoms with Crippen LogP contribution in [0.1, 0.15) is 12.8 Å². The molecule has 0 aromatic carbocycles. The molecule has 0 spiro atoms. The Bertz CT molecular complexity index is 999. The zero-order valence-corrected chi connectivity index (χ0v) is 15.3. The van der Waals surface area contributed by atoms with Gasteiger partial charge in [0.2, 0.25) is 5.88 Å². The number of nitrogens with one attached hydrogen (secondary N) is 2. The molecule has 1 aliphatic heterocycles. The second kappa shape index (κ2) is 7.41. The van der Waals surface area contributed by atoms with Gasteiger partial charge in [0.05, 0.1) is 24.7 Å². The lowest BCUT2D eigenvalue weighted by Crippen LogP contribution is -2.51. The van der Waals surface area contributed by atoms with Crippen LogP contribution in [0.5, 0.6) is 5.88 Å². The number of ether oxygens (including phenoxy) is 2. The molecule has 1 saturated heterocycles. The van der Waals surface area contributed by atoms with Gasteiger partial charge in [-0.15, -0.1) is 0 Å². The summed E-state index contributed by atoms with van der Waals surface area (Å²) in [5.74, 6) is -0.0162. The maximum absolute atomic E-state index is 12.4. The smallest absolute Gasteiger partial charge is 0.271 e. The molecular formula is C18H20N6O4. The third-order valence-corrected chi connectivity index (χ3v) is 4.93. The molecule has 0 atom stereocenters. The van der Waals surface area contributed by atoms with Crippen molar-refractivity contribution in [2.75, 3.05) is 25.6 Å². The van der Waals surface area contributed by atoms with Crippen molar-refractivity contribution in [3.63, 3.8) is 0 Å². The largest absolute Gasteiger partial charge is 0.481 e. The first-order valence-corrected chi connectivity index (χ1v) is 8.80. The molecule has 3 aromatic rings. The minimum atomic E-state index is -0.984. The van der Waals surface area contributed by atoms with E-state index in [2.05, 4.69) is 20.4 Å². The van der Waals surface area contributed by atoms with Crippen molar-refractivity contribution in [3.05, 3.63) is 36.8 Å². The maximum Gasteiger partial charge on any atom is 0.271 e. The van der Waals surface area contributed by atoms with E-state index in [0.29, 0.717) is 43.3 Å². The highest BCUT2D eigenvalue weighted by Gasteiger charge is 2.42. The normalized spacial score (nSPS) is 15.9. The first-order chi connectivity index (χ1) is 13.7. The molecule has 4 rings (SSSR count). The summed E-state index contributed by atoms with van der Waals surface area (Å²) in [6.45, 7) is 0.830. The fraction of sp³-hybridized carbons (Fsp3) is 0.333. The summed E-state index contributed by atoms with van der Waals surface area (Å²) in [7, 11) is 1.55. The molecule has 1 fully saturated rings. The Balaban J connectivity index is 1.65. The van der Waals surface area contributed by atoms with E-state index in [9.17, 15) is 10.0 Å². The standard InChI is InChI=1S/C18H20N6O4/c1-27-15-3-2-13-14(4-7-19-16(13)22-15)21-12-10-20-24(11-12)18(17(25)23-26)5-8-28-9-6-18/h2-4,7,10-11,26H,5-6,8-9H2,1H3,(H,23,25)(H,19,21,22). The van der Waals surface area contributed by atoms with Crippen molar-refractivity contribution in [3.8, 4) is 5.88 Å². The fourth-order valence-electron chi connectivity index (χ4n) is 3.38. The Hall–Kier alpha value is -3.24. The number of carbonyl (C=O) groups excluding carboxylic acids is 1. The lowest BCUT2D eigenvalue weighted by molar-refractivity contribution is -0.144. The SMILES string of the molecule is COc1ccc2c(Nc3cnn(C4(C(=O)NO)CCOCC4)c3)ccnc2n1. The summed E-state index contributed by atoms with van der Waals surface area (Å²) in [6, 6.07) is 5.47. The summed E-state index contributed by atoms with van der Waals surface area (Å²) >= 11 is 0. The molecule has 10 heteroatoms. The quantitative estimate of drug-likeness (QED) is 0.448. The van der Waals surface area contributed by atoms with Gasteiger partial charge in [0.15, 0.2) is 5.65 Å². The van der Waals surface area contributed by atoms with Gasteiger partial charge in [-0.2, -0.15) is 10.1 Å². The summed E-state index contributed by atoms with van der Waals surface area (Å²) in [6.07, 6.45) is 5.86. The molecule has 28 heavy (non-hydrogen) atoms. The first-order valence-electron chi connectivity index (χ1n) is 8.80. The van der Waals surface area contributed by atoms with E-state index >= 15 is 0 Å². The third kappa shape index (κ3) is 3.12. The molecule has 0 radical (unpaired) electrons. The van der Waals surface area contributed by atoms with Crippen LogP contribution >= 0.6 is 0 Å².